The Bertz CT molecular complexity index is 692. The molecule has 2 N–H and O–H groups in total. The molecule has 0 spiro atoms. The van der Waals surface area contributed by atoms with E-state index in [0.717, 1.165) is 0 Å². The third-order valence-corrected chi connectivity index (χ3v) is 3.30. The number of aromatic hydroxyl groups is 1. The molecule has 150 valence electrons. The first kappa shape index (κ1) is 22.3. The number of hydrogen-bond donors (Lipinski definition) is 2. The predicted octanol–water partition coefficient (Wildman–Crippen LogP) is 2.60. The van der Waals surface area contributed by atoms with Crippen LogP contribution in [0.2, 0.25) is 0 Å². The summed E-state index contributed by atoms with van der Waals surface area (Å²) in [6.07, 6.45) is -0.210. The highest BCUT2D eigenvalue weighted by molar-refractivity contribution is 6.01. The molecule has 0 aliphatic rings. The number of esters is 1. The highest BCUT2D eigenvalue weighted by Gasteiger charge is 2.20. The summed E-state index contributed by atoms with van der Waals surface area (Å²) < 4.78 is 15.2. The summed E-state index contributed by atoms with van der Waals surface area (Å²) in [4.78, 5) is 35.4. The van der Waals surface area contributed by atoms with E-state index in [9.17, 15) is 19.5 Å². The fraction of sp³-hybridized carbons (Fsp3) is 0.526. The minimum atomic E-state index is -0.722. The number of Topliss-reactive ketones (excluding diaryl/α,β-unsaturated/α-hetero) is 1. The van der Waals surface area contributed by atoms with Gasteiger partial charge in [0.15, 0.2) is 12.4 Å². The molecule has 8 heteroatoms. The molecule has 0 fully saturated rings. The molecule has 0 aliphatic carbocycles. The van der Waals surface area contributed by atoms with Crippen LogP contribution in [0.5, 0.6) is 11.5 Å². The molecule has 1 rings (SSSR count). The first-order chi connectivity index (χ1) is 12.6. The van der Waals surface area contributed by atoms with E-state index in [2.05, 4.69) is 5.32 Å². The van der Waals surface area contributed by atoms with Gasteiger partial charge in [-0.2, -0.15) is 0 Å². The predicted molar refractivity (Wildman–Crippen MR) is 98.2 cm³/mol. The molecule has 0 saturated carbocycles. The number of ether oxygens (including phenoxy) is 3. The zero-order chi connectivity index (χ0) is 20.6. The number of carbonyl (C=O) groups is 3. The largest absolute Gasteiger partial charge is 0.507 e. The van der Waals surface area contributed by atoms with Crippen LogP contribution in [0, 0.1) is 0 Å². The van der Waals surface area contributed by atoms with Crippen molar-refractivity contribution in [1.82, 2.24) is 5.32 Å². The van der Waals surface area contributed by atoms with Gasteiger partial charge in [-0.3, -0.25) is 4.79 Å². The number of rotatable bonds is 8. The second-order valence-electron chi connectivity index (χ2n) is 6.70. The number of phenols is 1. The number of aryl methyl sites for hydroxylation is 1. The molecule has 0 atom stereocenters. The van der Waals surface area contributed by atoms with Crippen molar-refractivity contribution in [3.05, 3.63) is 23.3 Å². The van der Waals surface area contributed by atoms with Gasteiger partial charge in [-0.1, -0.05) is 6.92 Å². The van der Waals surface area contributed by atoms with E-state index in [4.69, 9.17) is 14.2 Å². The summed E-state index contributed by atoms with van der Waals surface area (Å²) in [6, 6.07) is 2.76. The molecule has 27 heavy (non-hydrogen) atoms. The Hall–Kier alpha value is -2.77. The van der Waals surface area contributed by atoms with Crippen LogP contribution in [0.15, 0.2) is 12.1 Å². The summed E-state index contributed by atoms with van der Waals surface area (Å²) in [5.74, 6) is -1.02. The van der Waals surface area contributed by atoms with Crippen LogP contribution in [-0.4, -0.2) is 48.3 Å². The average Bonchev–Trinajstić information content (AvgIpc) is 2.56. The maximum absolute atomic E-state index is 12.3. The highest BCUT2D eigenvalue weighted by atomic mass is 16.6. The molecular weight excluding hydrogens is 354 g/mol. The molecule has 8 nitrogen and oxygen atoms in total. The summed E-state index contributed by atoms with van der Waals surface area (Å²) in [7, 11) is 0. The number of phenolic OH excluding ortho intramolecular Hbond substituents is 1. The molecule has 1 amide bonds. The van der Waals surface area contributed by atoms with Gasteiger partial charge in [-0.25, -0.2) is 9.59 Å². The van der Waals surface area contributed by atoms with Gasteiger partial charge in [0.2, 0.25) is 0 Å². The molecule has 0 bridgehead atoms. The second-order valence-corrected chi connectivity index (χ2v) is 6.70. The van der Waals surface area contributed by atoms with Gasteiger partial charge in [0.25, 0.3) is 0 Å². The quantitative estimate of drug-likeness (QED) is 0.526. The first-order valence-corrected chi connectivity index (χ1v) is 8.71. The average molecular weight is 381 g/mol. The SMILES string of the molecule is CCOC(=O)COc1cc(O)c(C(=O)CNC(=O)OC(C)(C)C)cc1CC. The fourth-order valence-electron chi connectivity index (χ4n) is 2.15. The summed E-state index contributed by atoms with van der Waals surface area (Å²) >= 11 is 0. The number of ketones is 1. The Balaban J connectivity index is 2.82. The van der Waals surface area contributed by atoms with E-state index >= 15 is 0 Å². The normalized spacial score (nSPS) is 10.9. The van der Waals surface area contributed by atoms with Crippen LogP contribution in [0.1, 0.15) is 50.5 Å². The minimum absolute atomic E-state index is 0.0476. The number of amides is 1. The molecule has 0 radical (unpaired) electrons. The van der Waals surface area contributed by atoms with Gasteiger partial charge in [0.05, 0.1) is 18.7 Å². The third-order valence-electron chi connectivity index (χ3n) is 3.30. The van der Waals surface area contributed by atoms with Crippen molar-refractivity contribution in [3.63, 3.8) is 0 Å². The second kappa shape index (κ2) is 9.80. The number of hydrogen-bond acceptors (Lipinski definition) is 7. The van der Waals surface area contributed by atoms with Gasteiger partial charge in [-0.05, 0) is 45.7 Å². The van der Waals surface area contributed by atoms with E-state index in [-0.39, 0.29) is 31.1 Å². The van der Waals surface area contributed by atoms with Crippen molar-refractivity contribution in [2.24, 2.45) is 0 Å². The van der Waals surface area contributed by atoms with E-state index in [1.165, 1.54) is 12.1 Å². The van der Waals surface area contributed by atoms with Crippen LogP contribution in [0.25, 0.3) is 0 Å². The Morgan fingerprint density at radius 2 is 1.81 bits per heavy atom. The number of carbonyl (C=O) groups excluding carboxylic acids is 3. The van der Waals surface area contributed by atoms with Gasteiger partial charge in [0, 0.05) is 6.07 Å². The summed E-state index contributed by atoms with van der Waals surface area (Å²) in [5, 5.41) is 12.5. The molecule has 0 saturated heterocycles. The molecule has 0 unspecified atom stereocenters. The molecule has 0 aliphatic heterocycles. The lowest BCUT2D eigenvalue weighted by molar-refractivity contribution is -0.145. The van der Waals surface area contributed by atoms with Crippen LogP contribution >= 0.6 is 0 Å². The number of benzene rings is 1. The molecule has 0 aromatic heterocycles. The van der Waals surface area contributed by atoms with Crippen LogP contribution < -0.4 is 10.1 Å². The Labute approximate surface area is 158 Å². The molecule has 1 aromatic rings. The zero-order valence-electron chi connectivity index (χ0n) is 16.4. The van der Waals surface area contributed by atoms with E-state index in [0.29, 0.717) is 17.7 Å². The summed E-state index contributed by atoms with van der Waals surface area (Å²) in [6.45, 7) is 8.28. The van der Waals surface area contributed by atoms with Crippen molar-refractivity contribution < 1.29 is 33.7 Å². The smallest absolute Gasteiger partial charge is 0.408 e. The number of alkyl carbamates (subject to hydrolysis) is 1. The lowest BCUT2D eigenvalue weighted by Crippen LogP contribution is -2.35. The number of nitrogens with one attached hydrogen (secondary N) is 1. The zero-order valence-corrected chi connectivity index (χ0v) is 16.4. The van der Waals surface area contributed by atoms with Crippen molar-refractivity contribution in [2.75, 3.05) is 19.8 Å². The fourth-order valence-corrected chi connectivity index (χ4v) is 2.15. The maximum atomic E-state index is 12.3. The third kappa shape index (κ3) is 7.55. The Morgan fingerprint density at radius 1 is 1.15 bits per heavy atom. The molecule has 1 aromatic carbocycles. The van der Waals surface area contributed by atoms with Crippen LogP contribution in [0.4, 0.5) is 4.79 Å². The van der Waals surface area contributed by atoms with Gasteiger partial charge in [0.1, 0.15) is 17.1 Å². The van der Waals surface area contributed by atoms with E-state index in [1.54, 1.807) is 27.7 Å². The standard InChI is InChI=1S/C19H27NO7/c1-6-12-8-13(15(22)10-20-18(24)27-19(3,4)5)14(21)9-16(12)26-11-17(23)25-7-2/h8-9,21H,6-7,10-11H2,1-5H3,(H,20,24). The Morgan fingerprint density at radius 3 is 2.37 bits per heavy atom. The van der Waals surface area contributed by atoms with Crippen molar-refractivity contribution in [1.29, 1.82) is 0 Å². The minimum Gasteiger partial charge on any atom is -0.507 e. The van der Waals surface area contributed by atoms with Crippen LogP contribution in [0.3, 0.4) is 0 Å². The highest BCUT2D eigenvalue weighted by Crippen LogP contribution is 2.29. The molecular formula is C19H27NO7. The Kier molecular flexibility index (Phi) is 8.08. The lowest BCUT2D eigenvalue weighted by atomic mass is 10.0. The summed E-state index contributed by atoms with van der Waals surface area (Å²) in [5.41, 5.74) is 0.00635. The van der Waals surface area contributed by atoms with E-state index in [1.807, 2.05) is 6.92 Å². The van der Waals surface area contributed by atoms with Gasteiger partial charge in [-0.15, -0.1) is 0 Å². The van der Waals surface area contributed by atoms with Crippen molar-refractivity contribution in [3.8, 4) is 11.5 Å². The van der Waals surface area contributed by atoms with Gasteiger partial charge < -0.3 is 24.6 Å². The maximum Gasteiger partial charge on any atom is 0.408 e. The first-order valence-electron chi connectivity index (χ1n) is 8.71. The molecule has 0 heterocycles. The van der Waals surface area contributed by atoms with Crippen LogP contribution in [-0.2, 0) is 20.7 Å². The van der Waals surface area contributed by atoms with E-state index < -0.39 is 23.4 Å². The monoisotopic (exact) mass is 381 g/mol. The lowest BCUT2D eigenvalue weighted by Gasteiger charge is -2.19. The van der Waals surface area contributed by atoms with Crippen molar-refractivity contribution in [2.45, 2.75) is 46.6 Å². The van der Waals surface area contributed by atoms with Gasteiger partial charge >= 0.3 is 12.1 Å². The van der Waals surface area contributed by atoms with Crippen molar-refractivity contribution >= 4 is 17.8 Å². The topological polar surface area (TPSA) is 111 Å².